The number of nitrogens with zero attached hydrogens (tertiary/aromatic N) is 1. The van der Waals surface area contributed by atoms with Crippen molar-refractivity contribution in [2.45, 2.75) is 18.9 Å². The Morgan fingerprint density at radius 2 is 1.75 bits per heavy atom. The van der Waals surface area contributed by atoms with E-state index in [1.54, 1.807) is 24.3 Å². The van der Waals surface area contributed by atoms with Gasteiger partial charge < -0.3 is 10.6 Å². The maximum absolute atomic E-state index is 13.4. The van der Waals surface area contributed by atoms with Crippen LogP contribution in [0.1, 0.15) is 23.2 Å². The zero-order chi connectivity index (χ0) is 16.4. The largest absolute Gasteiger partial charge is 0.339 e. The van der Waals surface area contributed by atoms with Gasteiger partial charge in [0.25, 0.3) is 5.91 Å². The number of nitrogens with two attached hydrogens (primary N) is 1. The minimum Gasteiger partial charge on any atom is -0.339 e. The van der Waals surface area contributed by atoms with E-state index in [-0.39, 0.29) is 30.2 Å². The highest BCUT2D eigenvalue weighted by molar-refractivity contribution is 6.33. The summed E-state index contributed by atoms with van der Waals surface area (Å²) in [5.41, 5.74) is 7.89. The second kappa shape index (κ2) is 7.97. The van der Waals surface area contributed by atoms with Crippen LogP contribution in [0.4, 0.5) is 4.39 Å². The van der Waals surface area contributed by atoms with Crippen molar-refractivity contribution >= 4 is 29.9 Å². The van der Waals surface area contributed by atoms with E-state index in [9.17, 15) is 9.18 Å². The molecule has 0 bridgehead atoms. The number of carbonyl (C=O) groups excluding carboxylic acids is 1. The van der Waals surface area contributed by atoms with E-state index in [0.29, 0.717) is 29.2 Å². The topological polar surface area (TPSA) is 46.3 Å². The predicted molar refractivity (Wildman–Crippen MR) is 97.2 cm³/mol. The van der Waals surface area contributed by atoms with Crippen molar-refractivity contribution in [1.29, 1.82) is 0 Å². The molecule has 128 valence electrons. The van der Waals surface area contributed by atoms with Crippen LogP contribution in [0.25, 0.3) is 11.1 Å². The number of amides is 1. The highest BCUT2D eigenvalue weighted by Crippen LogP contribution is 2.29. The quantitative estimate of drug-likeness (QED) is 0.865. The highest BCUT2D eigenvalue weighted by Gasteiger charge is 2.21. The Hall–Kier alpha value is -1.62. The third kappa shape index (κ3) is 4.07. The first-order chi connectivity index (χ1) is 11.0. The Labute approximate surface area is 152 Å². The molecule has 0 unspecified atom stereocenters. The Balaban J connectivity index is 0.00000208. The zero-order valence-electron chi connectivity index (χ0n) is 13.0. The number of hydrogen-bond acceptors (Lipinski definition) is 2. The fourth-order valence-corrected chi connectivity index (χ4v) is 3.02. The normalized spacial score (nSPS) is 15.0. The maximum atomic E-state index is 13.4. The van der Waals surface area contributed by atoms with Crippen LogP contribution in [0, 0.1) is 5.82 Å². The van der Waals surface area contributed by atoms with Crippen LogP contribution < -0.4 is 5.73 Å². The summed E-state index contributed by atoms with van der Waals surface area (Å²) in [5, 5.41) is 0.482. The summed E-state index contributed by atoms with van der Waals surface area (Å²) in [6, 6.07) is 11.5. The fourth-order valence-electron chi connectivity index (χ4n) is 2.80. The summed E-state index contributed by atoms with van der Waals surface area (Å²) >= 11 is 6.11. The second-order valence-electron chi connectivity index (χ2n) is 5.83. The van der Waals surface area contributed by atoms with Gasteiger partial charge in [0.15, 0.2) is 0 Å². The predicted octanol–water partition coefficient (Wildman–Crippen LogP) is 4.13. The molecule has 1 aliphatic rings. The van der Waals surface area contributed by atoms with Gasteiger partial charge in [-0.1, -0.05) is 23.7 Å². The van der Waals surface area contributed by atoms with Crippen molar-refractivity contribution in [3.05, 3.63) is 58.9 Å². The van der Waals surface area contributed by atoms with Crippen molar-refractivity contribution in [3.63, 3.8) is 0 Å². The molecule has 0 aromatic heterocycles. The van der Waals surface area contributed by atoms with Gasteiger partial charge in [-0.05, 0) is 48.7 Å². The van der Waals surface area contributed by atoms with Gasteiger partial charge in [0.1, 0.15) is 5.82 Å². The minimum absolute atomic E-state index is 0. The molecule has 1 saturated heterocycles. The van der Waals surface area contributed by atoms with Crippen LogP contribution in [-0.2, 0) is 0 Å². The molecule has 2 N–H and O–H groups in total. The fraction of sp³-hybridized carbons (Fsp3) is 0.278. The van der Waals surface area contributed by atoms with Crippen LogP contribution in [0.15, 0.2) is 42.5 Å². The van der Waals surface area contributed by atoms with Crippen molar-refractivity contribution in [2.24, 2.45) is 5.73 Å². The number of piperidine rings is 1. The summed E-state index contributed by atoms with van der Waals surface area (Å²) in [6.07, 6.45) is 1.67. The molecule has 1 fully saturated rings. The minimum atomic E-state index is -0.339. The van der Waals surface area contributed by atoms with E-state index < -0.39 is 0 Å². The first kappa shape index (κ1) is 18.7. The number of likely N-dealkylation sites (tertiary alicyclic amines) is 1. The molecule has 0 saturated carbocycles. The van der Waals surface area contributed by atoms with E-state index in [1.165, 1.54) is 18.2 Å². The van der Waals surface area contributed by atoms with Gasteiger partial charge in [0, 0.05) is 35.3 Å². The standard InChI is InChI=1S/C18H18ClFN2O.ClH/c19-17-6-5-14(20)11-16(17)12-1-3-13(4-2-12)18(23)22-9-7-15(21)8-10-22;/h1-6,11,15H,7-10,21H2;1H. The van der Waals surface area contributed by atoms with Gasteiger partial charge in [-0.2, -0.15) is 0 Å². The van der Waals surface area contributed by atoms with Crippen LogP contribution >= 0.6 is 24.0 Å². The van der Waals surface area contributed by atoms with Crippen molar-refractivity contribution in [1.82, 2.24) is 4.90 Å². The molecule has 0 atom stereocenters. The summed E-state index contributed by atoms with van der Waals surface area (Å²) in [6.45, 7) is 1.38. The average molecular weight is 369 g/mol. The Bertz CT molecular complexity index is 713. The summed E-state index contributed by atoms with van der Waals surface area (Å²) < 4.78 is 13.4. The molecule has 1 aliphatic heterocycles. The van der Waals surface area contributed by atoms with Crippen molar-refractivity contribution in [3.8, 4) is 11.1 Å². The van der Waals surface area contributed by atoms with Crippen LogP contribution in [-0.4, -0.2) is 29.9 Å². The third-order valence-corrected chi connectivity index (χ3v) is 4.53. The highest BCUT2D eigenvalue weighted by atomic mass is 35.5. The molecule has 0 aliphatic carbocycles. The summed E-state index contributed by atoms with van der Waals surface area (Å²) in [7, 11) is 0. The van der Waals surface area contributed by atoms with Crippen LogP contribution in [0.2, 0.25) is 5.02 Å². The SMILES string of the molecule is Cl.NC1CCN(C(=O)c2ccc(-c3cc(F)ccc3Cl)cc2)CC1. The van der Waals surface area contributed by atoms with Crippen LogP contribution in [0.5, 0.6) is 0 Å². The first-order valence-corrected chi connectivity index (χ1v) is 8.03. The lowest BCUT2D eigenvalue weighted by Gasteiger charge is -2.30. The number of halogens is 3. The van der Waals surface area contributed by atoms with E-state index in [1.807, 2.05) is 4.90 Å². The van der Waals surface area contributed by atoms with Crippen LogP contribution in [0.3, 0.4) is 0 Å². The molecule has 3 nitrogen and oxygen atoms in total. The van der Waals surface area contributed by atoms with Crippen molar-refractivity contribution < 1.29 is 9.18 Å². The number of hydrogen-bond donors (Lipinski definition) is 1. The first-order valence-electron chi connectivity index (χ1n) is 7.65. The van der Waals surface area contributed by atoms with Gasteiger partial charge in [-0.3, -0.25) is 4.79 Å². The smallest absolute Gasteiger partial charge is 0.253 e. The van der Waals surface area contributed by atoms with Gasteiger partial charge in [-0.15, -0.1) is 12.4 Å². The molecular formula is C18H19Cl2FN2O. The van der Waals surface area contributed by atoms with Gasteiger partial charge in [0.05, 0.1) is 0 Å². The lowest BCUT2D eigenvalue weighted by Crippen LogP contribution is -2.42. The summed E-state index contributed by atoms with van der Waals surface area (Å²) in [5.74, 6) is -0.331. The molecule has 6 heteroatoms. The van der Waals surface area contributed by atoms with E-state index in [2.05, 4.69) is 0 Å². The average Bonchev–Trinajstić information content (AvgIpc) is 2.57. The van der Waals surface area contributed by atoms with Gasteiger partial charge in [0.2, 0.25) is 0 Å². The Morgan fingerprint density at radius 1 is 1.12 bits per heavy atom. The van der Waals surface area contributed by atoms with Gasteiger partial charge in [-0.25, -0.2) is 4.39 Å². The summed E-state index contributed by atoms with van der Waals surface area (Å²) in [4.78, 5) is 14.3. The van der Waals surface area contributed by atoms with E-state index in [4.69, 9.17) is 17.3 Å². The number of rotatable bonds is 2. The molecular weight excluding hydrogens is 350 g/mol. The molecule has 2 aromatic rings. The lowest BCUT2D eigenvalue weighted by molar-refractivity contribution is 0.0715. The third-order valence-electron chi connectivity index (χ3n) is 4.20. The van der Waals surface area contributed by atoms with Gasteiger partial charge >= 0.3 is 0 Å². The molecule has 24 heavy (non-hydrogen) atoms. The lowest BCUT2D eigenvalue weighted by atomic mass is 10.0. The van der Waals surface area contributed by atoms with E-state index in [0.717, 1.165) is 18.4 Å². The molecule has 3 rings (SSSR count). The monoisotopic (exact) mass is 368 g/mol. The zero-order valence-corrected chi connectivity index (χ0v) is 14.6. The maximum Gasteiger partial charge on any atom is 0.253 e. The van der Waals surface area contributed by atoms with E-state index >= 15 is 0 Å². The molecule has 1 amide bonds. The second-order valence-corrected chi connectivity index (χ2v) is 6.24. The molecule has 0 spiro atoms. The molecule has 1 heterocycles. The Morgan fingerprint density at radius 3 is 2.38 bits per heavy atom. The number of benzene rings is 2. The number of carbonyl (C=O) groups is 1. The molecule has 0 radical (unpaired) electrons. The van der Waals surface area contributed by atoms with Crippen molar-refractivity contribution in [2.75, 3.05) is 13.1 Å². The Kier molecular flexibility index (Phi) is 6.21. The molecule has 2 aromatic carbocycles.